The molecule has 27 heavy (non-hydrogen) atoms. The van der Waals surface area contributed by atoms with Gasteiger partial charge in [-0.2, -0.15) is 0 Å². The summed E-state index contributed by atoms with van der Waals surface area (Å²) in [5.41, 5.74) is 1.17. The average Bonchev–Trinajstić information content (AvgIpc) is 2.66. The summed E-state index contributed by atoms with van der Waals surface area (Å²) >= 11 is 6.13. The Balaban J connectivity index is 1.99. The number of methoxy groups -OCH3 is 1. The zero-order valence-corrected chi connectivity index (χ0v) is 16.2. The van der Waals surface area contributed by atoms with Crippen LogP contribution in [0.3, 0.4) is 0 Å². The summed E-state index contributed by atoms with van der Waals surface area (Å²) in [6.45, 7) is 1.47. The number of hydrogen-bond acceptors (Lipinski definition) is 7. The molecule has 0 bridgehead atoms. The molecule has 0 spiro atoms. The molecule has 2 rings (SSSR count). The monoisotopic (exact) mass is 391 g/mol. The fourth-order valence-electron chi connectivity index (χ4n) is 2.20. The van der Waals surface area contributed by atoms with E-state index in [1.54, 1.807) is 18.2 Å². The highest BCUT2D eigenvalue weighted by Crippen LogP contribution is 2.25. The SMILES string of the molecule is COC(=O)c1ccc(Cl)c(Nc2ncc(C(=O)NCCCN(C)C)cn2)c1. The van der Waals surface area contributed by atoms with E-state index in [0.29, 0.717) is 28.4 Å². The Morgan fingerprint density at radius 1 is 1.19 bits per heavy atom. The van der Waals surface area contributed by atoms with Crippen molar-refractivity contribution in [2.45, 2.75) is 6.42 Å². The number of carbonyl (C=O) groups excluding carboxylic acids is 2. The fraction of sp³-hybridized carbons (Fsp3) is 0.333. The topological polar surface area (TPSA) is 96.4 Å². The maximum Gasteiger partial charge on any atom is 0.337 e. The van der Waals surface area contributed by atoms with Gasteiger partial charge in [0.05, 0.1) is 28.9 Å². The van der Waals surface area contributed by atoms with E-state index in [-0.39, 0.29) is 11.9 Å². The number of esters is 1. The van der Waals surface area contributed by atoms with Crippen molar-refractivity contribution < 1.29 is 14.3 Å². The zero-order chi connectivity index (χ0) is 19.8. The van der Waals surface area contributed by atoms with E-state index in [1.807, 2.05) is 14.1 Å². The quantitative estimate of drug-likeness (QED) is 0.526. The summed E-state index contributed by atoms with van der Waals surface area (Å²) in [4.78, 5) is 34.0. The third kappa shape index (κ3) is 6.19. The van der Waals surface area contributed by atoms with Crippen LogP contribution in [-0.2, 0) is 4.74 Å². The molecule has 0 saturated carbocycles. The van der Waals surface area contributed by atoms with Gasteiger partial charge in [-0.3, -0.25) is 4.79 Å². The molecule has 0 atom stereocenters. The van der Waals surface area contributed by atoms with Gasteiger partial charge in [0, 0.05) is 18.9 Å². The summed E-state index contributed by atoms with van der Waals surface area (Å²) in [6, 6.07) is 4.68. The average molecular weight is 392 g/mol. The van der Waals surface area contributed by atoms with Gasteiger partial charge in [-0.15, -0.1) is 0 Å². The Morgan fingerprint density at radius 2 is 1.89 bits per heavy atom. The number of nitrogens with one attached hydrogen (secondary N) is 2. The number of anilines is 2. The fourth-order valence-corrected chi connectivity index (χ4v) is 2.36. The van der Waals surface area contributed by atoms with Gasteiger partial charge in [0.15, 0.2) is 0 Å². The first-order valence-corrected chi connectivity index (χ1v) is 8.68. The molecule has 1 heterocycles. The lowest BCUT2D eigenvalue weighted by molar-refractivity contribution is 0.0600. The van der Waals surface area contributed by atoms with Gasteiger partial charge in [-0.1, -0.05) is 11.6 Å². The van der Waals surface area contributed by atoms with Crippen LogP contribution in [0.5, 0.6) is 0 Å². The predicted octanol–water partition coefficient (Wildman–Crippen LogP) is 2.34. The highest BCUT2D eigenvalue weighted by atomic mass is 35.5. The van der Waals surface area contributed by atoms with Crippen molar-refractivity contribution >= 4 is 35.1 Å². The number of amides is 1. The summed E-state index contributed by atoms with van der Waals surface area (Å²) in [5, 5.41) is 6.14. The second kappa shape index (κ2) is 9.84. The Bertz CT molecular complexity index is 796. The zero-order valence-electron chi connectivity index (χ0n) is 15.5. The maximum absolute atomic E-state index is 12.1. The van der Waals surface area contributed by atoms with Gasteiger partial charge < -0.3 is 20.3 Å². The maximum atomic E-state index is 12.1. The van der Waals surface area contributed by atoms with Crippen LogP contribution < -0.4 is 10.6 Å². The van der Waals surface area contributed by atoms with Gasteiger partial charge in [0.1, 0.15) is 0 Å². The van der Waals surface area contributed by atoms with E-state index in [4.69, 9.17) is 11.6 Å². The Morgan fingerprint density at radius 3 is 2.52 bits per heavy atom. The summed E-state index contributed by atoms with van der Waals surface area (Å²) in [7, 11) is 5.26. The van der Waals surface area contributed by atoms with Crippen molar-refractivity contribution in [2.75, 3.05) is 39.6 Å². The minimum atomic E-state index is -0.475. The number of rotatable bonds is 8. The normalized spacial score (nSPS) is 10.6. The number of nitrogens with zero attached hydrogens (tertiary/aromatic N) is 3. The van der Waals surface area contributed by atoms with Crippen molar-refractivity contribution in [2.24, 2.45) is 0 Å². The number of halogens is 1. The highest BCUT2D eigenvalue weighted by Gasteiger charge is 2.11. The molecule has 9 heteroatoms. The van der Waals surface area contributed by atoms with Crippen molar-refractivity contribution in [3.05, 3.63) is 46.7 Å². The molecule has 0 unspecified atom stereocenters. The Hall–Kier alpha value is -2.71. The summed E-state index contributed by atoms with van der Waals surface area (Å²) in [6.07, 6.45) is 3.71. The van der Waals surface area contributed by atoms with Crippen LogP contribution in [0.15, 0.2) is 30.6 Å². The molecule has 1 aromatic heterocycles. The second-order valence-electron chi connectivity index (χ2n) is 6.02. The standard InChI is InChI=1S/C18H22ClN5O3/c1-24(2)8-4-7-20-16(25)13-10-21-18(22-11-13)23-15-9-12(17(26)27-3)5-6-14(15)19/h5-6,9-11H,4,7-8H2,1-3H3,(H,20,25)(H,21,22,23). The van der Waals surface area contributed by atoms with Gasteiger partial charge in [0.2, 0.25) is 5.95 Å². The lowest BCUT2D eigenvalue weighted by Crippen LogP contribution is -2.27. The first kappa shape index (κ1) is 20.6. The van der Waals surface area contributed by atoms with Crippen molar-refractivity contribution in [1.82, 2.24) is 20.2 Å². The third-order valence-corrected chi connectivity index (χ3v) is 3.95. The first-order valence-electron chi connectivity index (χ1n) is 8.30. The minimum absolute atomic E-state index is 0.231. The molecule has 2 N–H and O–H groups in total. The number of ether oxygens (including phenoxy) is 1. The minimum Gasteiger partial charge on any atom is -0.465 e. The molecule has 2 aromatic rings. The van der Waals surface area contributed by atoms with Gasteiger partial charge in [-0.05, 0) is 45.3 Å². The Kier molecular flexibility index (Phi) is 7.51. The van der Waals surface area contributed by atoms with E-state index in [2.05, 4.69) is 30.2 Å². The highest BCUT2D eigenvalue weighted by molar-refractivity contribution is 6.33. The number of benzene rings is 1. The molecule has 0 fully saturated rings. The van der Waals surface area contributed by atoms with Crippen LogP contribution in [0.25, 0.3) is 0 Å². The molecule has 0 saturated heterocycles. The third-order valence-electron chi connectivity index (χ3n) is 3.62. The van der Waals surface area contributed by atoms with Crippen LogP contribution >= 0.6 is 11.6 Å². The number of aromatic nitrogens is 2. The van der Waals surface area contributed by atoms with E-state index < -0.39 is 5.97 Å². The van der Waals surface area contributed by atoms with Gasteiger partial charge >= 0.3 is 5.97 Å². The van der Waals surface area contributed by atoms with Gasteiger partial charge in [-0.25, -0.2) is 14.8 Å². The van der Waals surface area contributed by atoms with Crippen LogP contribution in [-0.4, -0.2) is 61.0 Å². The number of carbonyl (C=O) groups is 2. The molecule has 0 radical (unpaired) electrons. The molecular weight excluding hydrogens is 370 g/mol. The van der Waals surface area contributed by atoms with E-state index >= 15 is 0 Å². The largest absolute Gasteiger partial charge is 0.465 e. The lowest BCUT2D eigenvalue weighted by atomic mass is 10.2. The first-order chi connectivity index (χ1) is 12.9. The van der Waals surface area contributed by atoms with Crippen LogP contribution in [0, 0.1) is 0 Å². The molecule has 0 aliphatic heterocycles. The summed E-state index contributed by atoms with van der Waals surface area (Å²) in [5.74, 6) is -0.453. The smallest absolute Gasteiger partial charge is 0.337 e. The second-order valence-corrected chi connectivity index (χ2v) is 6.43. The van der Waals surface area contributed by atoms with Crippen LogP contribution in [0.2, 0.25) is 5.02 Å². The lowest BCUT2D eigenvalue weighted by Gasteiger charge is -2.10. The molecule has 144 valence electrons. The molecule has 1 aromatic carbocycles. The van der Waals surface area contributed by atoms with Crippen molar-refractivity contribution in [3.8, 4) is 0 Å². The molecule has 1 amide bonds. The number of hydrogen-bond donors (Lipinski definition) is 2. The van der Waals surface area contributed by atoms with E-state index in [9.17, 15) is 9.59 Å². The van der Waals surface area contributed by atoms with Crippen molar-refractivity contribution in [1.29, 1.82) is 0 Å². The summed E-state index contributed by atoms with van der Waals surface area (Å²) < 4.78 is 4.69. The van der Waals surface area contributed by atoms with Gasteiger partial charge in [0.25, 0.3) is 5.91 Å². The van der Waals surface area contributed by atoms with Crippen LogP contribution in [0.1, 0.15) is 27.1 Å². The molecule has 8 nitrogen and oxygen atoms in total. The van der Waals surface area contributed by atoms with E-state index in [0.717, 1.165) is 13.0 Å². The van der Waals surface area contributed by atoms with E-state index in [1.165, 1.54) is 19.5 Å². The van der Waals surface area contributed by atoms with Crippen LogP contribution in [0.4, 0.5) is 11.6 Å². The molecular formula is C18H22ClN5O3. The Labute approximate surface area is 162 Å². The van der Waals surface area contributed by atoms with Crippen molar-refractivity contribution in [3.63, 3.8) is 0 Å². The molecule has 0 aliphatic carbocycles. The molecule has 0 aliphatic rings. The predicted molar refractivity (Wildman–Crippen MR) is 104 cm³/mol.